The van der Waals surface area contributed by atoms with Crippen LogP contribution in [-0.2, 0) is 15.8 Å². The van der Waals surface area contributed by atoms with Gasteiger partial charge in [-0.3, -0.25) is 0 Å². The fourth-order valence-corrected chi connectivity index (χ4v) is 2.60. The quantitative estimate of drug-likeness (QED) is 0.737. The number of carbonyl (C=O) groups is 1. The number of carbonyl (C=O) groups excluding carboxylic acids is 1. The van der Waals surface area contributed by atoms with Gasteiger partial charge in [0.2, 0.25) is 0 Å². The van der Waals surface area contributed by atoms with Crippen molar-refractivity contribution in [2.24, 2.45) is 0 Å². The van der Waals surface area contributed by atoms with Gasteiger partial charge in [0.25, 0.3) is 0 Å². The summed E-state index contributed by atoms with van der Waals surface area (Å²) in [6.07, 6.45) is 0.355. The molecule has 0 radical (unpaired) electrons. The molecule has 0 atom stereocenters. The van der Waals surface area contributed by atoms with Gasteiger partial charge >= 0.3 is 13.6 Å². The van der Waals surface area contributed by atoms with Crippen molar-refractivity contribution in [1.82, 2.24) is 5.32 Å². The zero-order chi connectivity index (χ0) is 18.6. The summed E-state index contributed by atoms with van der Waals surface area (Å²) < 4.78 is 12.2. The summed E-state index contributed by atoms with van der Waals surface area (Å²) in [6.45, 7) is 13.3. The van der Waals surface area contributed by atoms with Crippen molar-refractivity contribution < 1.29 is 19.3 Å². The lowest BCUT2D eigenvalue weighted by Crippen LogP contribution is -2.49. The molecule has 24 heavy (non-hydrogen) atoms. The summed E-state index contributed by atoms with van der Waals surface area (Å²) in [4.78, 5) is 12.8. The molecule has 1 amide bonds. The Balaban J connectivity index is 2.40. The average molecular weight is 355 g/mol. The summed E-state index contributed by atoms with van der Waals surface area (Å²) in [6, 6.07) is 4.06. The summed E-state index contributed by atoms with van der Waals surface area (Å²) in [5.41, 5.74) is -2.02. The number of rotatable bonds is 7. The Morgan fingerprint density at radius 2 is 1.83 bits per heavy atom. The van der Waals surface area contributed by atoms with Gasteiger partial charge in [0, 0.05) is 16.2 Å². The van der Waals surface area contributed by atoms with E-state index in [1.807, 2.05) is 46.8 Å². The van der Waals surface area contributed by atoms with Crippen LogP contribution < -0.4 is 10.1 Å². The average Bonchev–Trinajstić information content (AvgIpc) is 2.81. The predicted octanol–water partition coefficient (Wildman–Crippen LogP) is 2.36. The molecule has 0 aromatic carbocycles. The molecule has 1 aromatic rings. The summed E-state index contributed by atoms with van der Waals surface area (Å²) in [5.74, 6) is 0. The zero-order valence-electron chi connectivity index (χ0n) is 15.9. The molecular weight excluding hydrogens is 325 g/mol. The highest BCUT2D eigenvalue weighted by Gasteiger charge is 2.35. The number of nitrogens with one attached hydrogen (secondary N) is 1. The van der Waals surface area contributed by atoms with E-state index in [1.54, 1.807) is 25.2 Å². The standard InChI is InChI=1S/C17H30BNO4S/c1-15(2,3)22-14(20)19-11-10-12-8-9-13(24-12)18-23-17(6,7)16(4,5)21/h8-9,18,21H,10-11H2,1-7H3,(H,19,20). The third-order valence-electron chi connectivity index (χ3n) is 3.81. The number of aliphatic hydroxyl groups is 1. The maximum absolute atomic E-state index is 11.6. The summed E-state index contributed by atoms with van der Waals surface area (Å²) in [5, 5.41) is 12.9. The number of alkyl carbamates (subject to hydrolysis) is 1. The van der Waals surface area contributed by atoms with Crippen molar-refractivity contribution in [3.8, 4) is 0 Å². The van der Waals surface area contributed by atoms with E-state index < -0.39 is 22.9 Å². The summed E-state index contributed by atoms with van der Waals surface area (Å²) in [7, 11) is 0.459. The van der Waals surface area contributed by atoms with Gasteiger partial charge in [0.15, 0.2) is 0 Å². The summed E-state index contributed by atoms with van der Waals surface area (Å²) >= 11 is 1.65. The molecule has 1 heterocycles. The van der Waals surface area contributed by atoms with E-state index in [1.165, 1.54) is 4.88 Å². The fourth-order valence-electron chi connectivity index (χ4n) is 1.66. The highest BCUT2D eigenvalue weighted by molar-refractivity contribution is 7.21. The molecule has 5 nitrogen and oxygen atoms in total. The van der Waals surface area contributed by atoms with Gasteiger partial charge in [0.05, 0.1) is 11.2 Å². The molecule has 0 unspecified atom stereocenters. The molecule has 7 heteroatoms. The van der Waals surface area contributed by atoms with Gasteiger partial charge in [-0.05, 0) is 61.0 Å². The Morgan fingerprint density at radius 1 is 1.21 bits per heavy atom. The molecule has 0 spiro atoms. The van der Waals surface area contributed by atoms with Crippen molar-refractivity contribution in [2.45, 2.75) is 71.7 Å². The molecule has 0 aliphatic carbocycles. The van der Waals surface area contributed by atoms with Crippen LogP contribution in [-0.4, -0.2) is 42.0 Å². The van der Waals surface area contributed by atoms with Crippen LogP contribution in [0.2, 0.25) is 0 Å². The lowest BCUT2D eigenvalue weighted by Gasteiger charge is -2.37. The second-order valence-corrected chi connectivity index (χ2v) is 9.16. The van der Waals surface area contributed by atoms with Crippen LogP contribution in [0.25, 0.3) is 0 Å². The van der Waals surface area contributed by atoms with Crippen LogP contribution >= 0.6 is 11.3 Å². The second-order valence-electron chi connectivity index (χ2n) is 7.90. The minimum atomic E-state index is -0.912. The van der Waals surface area contributed by atoms with Gasteiger partial charge in [-0.25, -0.2) is 4.79 Å². The number of thiophene rings is 1. The van der Waals surface area contributed by atoms with Crippen LogP contribution in [0.3, 0.4) is 0 Å². The number of hydrogen-bond acceptors (Lipinski definition) is 5. The Hall–Kier alpha value is -1.05. The van der Waals surface area contributed by atoms with Crippen LogP contribution in [0.1, 0.15) is 53.3 Å². The third-order valence-corrected chi connectivity index (χ3v) is 4.92. The Labute approximate surface area is 150 Å². The highest BCUT2D eigenvalue weighted by Crippen LogP contribution is 2.24. The minimum absolute atomic E-state index is 0.394. The number of ether oxygens (including phenoxy) is 1. The van der Waals surface area contributed by atoms with E-state index in [-0.39, 0.29) is 0 Å². The van der Waals surface area contributed by atoms with E-state index in [0.717, 1.165) is 11.2 Å². The Morgan fingerprint density at radius 3 is 2.38 bits per heavy atom. The van der Waals surface area contributed by atoms with E-state index in [9.17, 15) is 9.90 Å². The van der Waals surface area contributed by atoms with Gasteiger partial charge in [-0.2, -0.15) is 11.3 Å². The van der Waals surface area contributed by atoms with Crippen LogP contribution in [0, 0.1) is 0 Å². The normalized spacial score (nSPS) is 12.8. The van der Waals surface area contributed by atoms with Crippen molar-refractivity contribution in [3.05, 3.63) is 17.0 Å². The molecule has 0 saturated carbocycles. The van der Waals surface area contributed by atoms with Crippen molar-refractivity contribution >= 4 is 29.7 Å². The van der Waals surface area contributed by atoms with Crippen LogP contribution in [0.5, 0.6) is 0 Å². The zero-order valence-corrected chi connectivity index (χ0v) is 16.7. The van der Waals surface area contributed by atoms with Crippen LogP contribution in [0.15, 0.2) is 12.1 Å². The minimum Gasteiger partial charge on any atom is -0.444 e. The topological polar surface area (TPSA) is 67.8 Å². The SMILES string of the molecule is CC(C)(C)OC(=O)NCCc1ccc(BOC(C)(C)C(C)(C)O)s1. The molecule has 1 rings (SSSR count). The first-order chi connectivity index (χ1) is 10.8. The van der Waals surface area contributed by atoms with Gasteiger partial charge in [-0.15, -0.1) is 0 Å². The van der Waals surface area contributed by atoms with Crippen molar-refractivity contribution in [2.75, 3.05) is 6.54 Å². The molecule has 1 aromatic heterocycles. The second kappa shape index (κ2) is 7.89. The largest absolute Gasteiger partial charge is 0.444 e. The molecule has 0 saturated heterocycles. The van der Waals surface area contributed by atoms with E-state index in [2.05, 4.69) is 5.32 Å². The van der Waals surface area contributed by atoms with Gasteiger partial charge in [0.1, 0.15) is 5.60 Å². The molecule has 136 valence electrons. The first-order valence-electron chi connectivity index (χ1n) is 8.21. The lowest BCUT2D eigenvalue weighted by molar-refractivity contribution is -0.0892. The maximum Gasteiger partial charge on any atom is 0.407 e. The number of hydrogen-bond donors (Lipinski definition) is 2. The lowest BCUT2D eigenvalue weighted by atomic mass is 9.86. The fraction of sp³-hybridized carbons (Fsp3) is 0.706. The first-order valence-corrected chi connectivity index (χ1v) is 9.02. The molecule has 0 bridgehead atoms. The van der Waals surface area contributed by atoms with E-state index in [4.69, 9.17) is 9.39 Å². The van der Waals surface area contributed by atoms with Crippen LogP contribution in [0.4, 0.5) is 4.79 Å². The third kappa shape index (κ3) is 7.24. The molecular formula is C17H30BNO4S. The molecule has 2 N–H and O–H groups in total. The Kier molecular flexibility index (Phi) is 6.90. The highest BCUT2D eigenvalue weighted by atomic mass is 32.1. The monoisotopic (exact) mass is 355 g/mol. The first kappa shape index (κ1) is 21.0. The van der Waals surface area contributed by atoms with E-state index >= 15 is 0 Å². The molecule has 0 aliphatic heterocycles. The Bertz CT molecular complexity index is 544. The predicted molar refractivity (Wildman–Crippen MR) is 101 cm³/mol. The molecule has 0 fully saturated rings. The van der Waals surface area contributed by atoms with E-state index in [0.29, 0.717) is 14.0 Å². The van der Waals surface area contributed by atoms with Gasteiger partial charge < -0.3 is 19.8 Å². The van der Waals surface area contributed by atoms with Crippen molar-refractivity contribution in [3.63, 3.8) is 0 Å². The molecule has 0 aliphatic rings. The van der Waals surface area contributed by atoms with Crippen molar-refractivity contribution in [1.29, 1.82) is 0 Å². The smallest absolute Gasteiger partial charge is 0.407 e. The number of amides is 1. The maximum atomic E-state index is 11.6. The van der Waals surface area contributed by atoms with Gasteiger partial charge in [-0.1, -0.05) is 6.07 Å².